The van der Waals surface area contributed by atoms with E-state index in [0.29, 0.717) is 6.54 Å². The highest BCUT2D eigenvalue weighted by molar-refractivity contribution is 5.67. The van der Waals surface area contributed by atoms with Gasteiger partial charge in [0.2, 0.25) is 0 Å². The van der Waals surface area contributed by atoms with Gasteiger partial charge in [-0.15, -0.1) is 0 Å². The number of ether oxygens (including phenoxy) is 1. The maximum atomic E-state index is 11.7. The van der Waals surface area contributed by atoms with Crippen LogP contribution in [0.1, 0.15) is 57.7 Å². The van der Waals surface area contributed by atoms with E-state index in [2.05, 4.69) is 22.3 Å². The van der Waals surface area contributed by atoms with Gasteiger partial charge in [-0.1, -0.05) is 18.9 Å². The number of aromatic nitrogens is 1. The Bertz CT molecular complexity index is 530. The van der Waals surface area contributed by atoms with E-state index < -0.39 is 11.7 Å². The number of amides is 1. The van der Waals surface area contributed by atoms with Crippen molar-refractivity contribution in [3.8, 4) is 0 Å². The highest BCUT2D eigenvalue weighted by Crippen LogP contribution is 2.19. The van der Waals surface area contributed by atoms with Crippen LogP contribution in [-0.2, 0) is 11.3 Å². The van der Waals surface area contributed by atoms with Crippen LogP contribution < -0.4 is 10.2 Å². The first-order valence-electron chi connectivity index (χ1n) is 8.53. The zero-order valence-electron chi connectivity index (χ0n) is 14.8. The number of alkyl carbamates (subject to hydrolysis) is 1. The lowest BCUT2D eigenvalue weighted by molar-refractivity contribution is 0.0523. The van der Waals surface area contributed by atoms with Gasteiger partial charge in [0, 0.05) is 25.3 Å². The van der Waals surface area contributed by atoms with Crippen molar-refractivity contribution in [1.82, 2.24) is 10.3 Å². The normalized spacial score (nSPS) is 15.9. The van der Waals surface area contributed by atoms with E-state index in [4.69, 9.17) is 9.72 Å². The molecule has 0 spiro atoms. The van der Waals surface area contributed by atoms with Crippen LogP contribution in [0.25, 0.3) is 0 Å². The van der Waals surface area contributed by atoms with Gasteiger partial charge >= 0.3 is 6.09 Å². The summed E-state index contributed by atoms with van der Waals surface area (Å²) in [6.07, 6.45) is 4.71. The van der Waals surface area contributed by atoms with Crippen LogP contribution in [0, 0.1) is 6.92 Å². The zero-order chi connectivity index (χ0) is 16.9. The van der Waals surface area contributed by atoms with Crippen LogP contribution in [-0.4, -0.2) is 29.8 Å². The van der Waals surface area contributed by atoms with Gasteiger partial charge in [0.25, 0.3) is 0 Å². The monoisotopic (exact) mass is 319 g/mol. The largest absolute Gasteiger partial charge is 0.444 e. The molecular formula is C18H29N3O2. The maximum absolute atomic E-state index is 11.7. The number of pyridine rings is 1. The van der Waals surface area contributed by atoms with Gasteiger partial charge in [-0.2, -0.15) is 0 Å². The standard InChI is InChI=1S/C18H29N3O2/c1-14-15(13-19-17(22)23-18(2,3)4)9-10-16(20-14)21-11-7-5-6-8-12-21/h9-10H,5-8,11-13H2,1-4H3,(H,19,22). The molecule has 5 nitrogen and oxygen atoms in total. The number of rotatable bonds is 3. The minimum atomic E-state index is -0.478. The molecule has 1 aliphatic rings. The SMILES string of the molecule is Cc1nc(N2CCCCCC2)ccc1CNC(=O)OC(C)(C)C. The average molecular weight is 319 g/mol. The predicted molar refractivity (Wildman–Crippen MR) is 92.7 cm³/mol. The van der Waals surface area contributed by atoms with Crippen LogP contribution in [0.5, 0.6) is 0 Å². The van der Waals surface area contributed by atoms with Crippen molar-refractivity contribution in [3.63, 3.8) is 0 Å². The van der Waals surface area contributed by atoms with Gasteiger partial charge in [-0.3, -0.25) is 0 Å². The minimum Gasteiger partial charge on any atom is -0.444 e. The Balaban J connectivity index is 1.95. The minimum absolute atomic E-state index is 0.395. The highest BCUT2D eigenvalue weighted by Gasteiger charge is 2.16. The molecule has 0 saturated carbocycles. The second kappa shape index (κ2) is 7.66. The second-order valence-corrected chi connectivity index (χ2v) is 7.17. The number of carbonyl (C=O) groups excluding carboxylic acids is 1. The van der Waals surface area contributed by atoms with Gasteiger partial charge < -0.3 is 15.0 Å². The Hall–Kier alpha value is -1.78. The topological polar surface area (TPSA) is 54.5 Å². The number of hydrogen-bond acceptors (Lipinski definition) is 4. The predicted octanol–water partition coefficient (Wildman–Crippen LogP) is 3.80. The maximum Gasteiger partial charge on any atom is 0.407 e. The van der Waals surface area contributed by atoms with E-state index >= 15 is 0 Å². The Morgan fingerprint density at radius 1 is 1.22 bits per heavy atom. The first-order chi connectivity index (χ1) is 10.8. The number of hydrogen-bond donors (Lipinski definition) is 1. The lowest BCUT2D eigenvalue weighted by Crippen LogP contribution is -2.32. The fourth-order valence-corrected chi connectivity index (χ4v) is 2.72. The Labute approximate surface area is 139 Å². The molecule has 0 atom stereocenters. The summed E-state index contributed by atoms with van der Waals surface area (Å²) in [6, 6.07) is 4.12. The van der Waals surface area contributed by atoms with Crippen molar-refractivity contribution in [1.29, 1.82) is 0 Å². The molecule has 0 bridgehead atoms. The molecule has 5 heteroatoms. The molecule has 0 radical (unpaired) electrons. The van der Waals surface area contributed by atoms with Crippen molar-refractivity contribution >= 4 is 11.9 Å². The average Bonchev–Trinajstić information content (AvgIpc) is 2.73. The van der Waals surface area contributed by atoms with Gasteiger partial charge in [0.05, 0.1) is 0 Å². The molecule has 1 fully saturated rings. The smallest absolute Gasteiger partial charge is 0.407 e. The van der Waals surface area contributed by atoms with Crippen molar-refractivity contribution in [2.75, 3.05) is 18.0 Å². The summed E-state index contributed by atoms with van der Waals surface area (Å²) in [5.41, 5.74) is 1.51. The summed E-state index contributed by atoms with van der Waals surface area (Å²) < 4.78 is 5.25. The van der Waals surface area contributed by atoms with Gasteiger partial charge in [0.1, 0.15) is 11.4 Å². The number of nitrogens with zero attached hydrogens (tertiary/aromatic N) is 2. The summed E-state index contributed by atoms with van der Waals surface area (Å²) in [7, 11) is 0. The van der Waals surface area contributed by atoms with E-state index in [1.54, 1.807) is 0 Å². The molecule has 1 saturated heterocycles. The molecule has 0 aromatic carbocycles. The summed E-state index contributed by atoms with van der Waals surface area (Å²) >= 11 is 0. The third kappa shape index (κ3) is 5.73. The van der Waals surface area contributed by atoms with Crippen LogP contribution in [0.15, 0.2) is 12.1 Å². The molecule has 1 amide bonds. The lowest BCUT2D eigenvalue weighted by atomic mass is 10.2. The molecule has 1 aliphatic heterocycles. The van der Waals surface area contributed by atoms with E-state index in [1.807, 2.05) is 27.7 Å². The summed E-state index contributed by atoms with van der Waals surface area (Å²) in [6.45, 7) is 10.2. The number of carbonyl (C=O) groups is 1. The van der Waals surface area contributed by atoms with E-state index in [-0.39, 0.29) is 0 Å². The van der Waals surface area contributed by atoms with Gasteiger partial charge in [-0.25, -0.2) is 9.78 Å². The summed E-state index contributed by atoms with van der Waals surface area (Å²) in [4.78, 5) is 18.8. The molecule has 128 valence electrons. The third-order valence-corrected chi connectivity index (χ3v) is 3.93. The molecule has 2 heterocycles. The van der Waals surface area contributed by atoms with Gasteiger partial charge in [-0.05, 0) is 52.2 Å². The van der Waals surface area contributed by atoms with E-state index in [1.165, 1.54) is 25.7 Å². The quantitative estimate of drug-likeness (QED) is 0.921. The molecule has 23 heavy (non-hydrogen) atoms. The Kier molecular flexibility index (Phi) is 5.85. The second-order valence-electron chi connectivity index (χ2n) is 7.17. The van der Waals surface area contributed by atoms with Crippen LogP contribution in [0.2, 0.25) is 0 Å². The summed E-state index contributed by atoms with van der Waals surface area (Å²) in [5, 5.41) is 2.79. The first-order valence-corrected chi connectivity index (χ1v) is 8.53. The van der Waals surface area contributed by atoms with Crippen LogP contribution in [0.4, 0.5) is 10.6 Å². The van der Waals surface area contributed by atoms with Crippen LogP contribution >= 0.6 is 0 Å². The Morgan fingerprint density at radius 3 is 2.43 bits per heavy atom. The molecule has 1 aromatic heterocycles. The molecule has 0 aliphatic carbocycles. The molecule has 1 aromatic rings. The van der Waals surface area contributed by atoms with E-state index in [9.17, 15) is 4.79 Å². The van der Waals surface area contributed by atoms with Crippen molar-refractivity contribution < 1.29 is 9.53 Å². The Morgan fingerprint density at radius 2 is 1.87 bits per heavy atom. The first kappa shape index (κ1) is 17.6. The molecule has 2 rings (SSSR count). The van der Waals surface area contributed by atoms with Crippen molar-refractivity contribution in [2.45, 2.75) is 65.5 Å². The zero-order valence-corrected chi connectivity index (χ0v) is 14.8. The fraction of sp³-hybridized carbons (Fsp3) is 0.667. The summed E-state index contributed by atoms with van der Waals surface area (Å²) in [5.74, 6) is 1.05. The third-order valence-electron chi connectivity index (χ3n) is 3.93. The molecule has 1 N–H and O–H groups in total. The highest BCUT2D eigenvalue weighted by atomic mass is 16.6. The van der Waals surface area contributed by atoms with Crippen molar-refractivity contribution in [2.24, 2.45) is 0 Å². The van der Waals surface area contributed by atoms with Gasteiger partial charge in [0.15, 0.2) is 0 Å². The number of aryl methyl sites for hydroxylation is 1. The van der Waals surface area contributed by atoms with Crippen LogP contribution in [0.3, 0.4) is 0 Å². The fourth-order valence-electron chi connectivity index (χ4n) is 2.72. The molecular weight excluding hydrogens is 290 g/mol. The van der Waals surface area contributed by atoms with E-state index in [0.717, 1.165) is 30.2 Å². The van der Waals surface area contributed by atoms with Crippen molar-refractivity contribution in [3.05, 3.63) is 23.4 Å². The molecule has 0 unspecified atom stereocenters. The number of anilines is 1. The lowest BCUT2D eigenvalue weighted by Gasteiger charge is -2.22. The number of nitrogens with one attached hydrogen (secondary N) is 1.